The van der Waals surface area contributed by atoms with E-state index < -0.39 is 35.6 Å². The second-order valence-corrected chi connectivity index (χ2v) is 13.7. The maximum absolute atomic E-state index is 14.8. The number of aliphatic hydroxyl groups excluding tert-OH is 1. The molecule has 1 spiro atoms. The fourth-order valence-electron chi connectivity index (χ4n) is 7.65. The average molecular weight is 709 g/mol. The van der Waals surface area contributed by atoms with Gasteiger partial charge in [0.1, 0.15) is 17.4 Å². The summed E-state index contributed by atoms with van der Waals surface area (Å²) in [6.07, 6.45) is 5.13. The van der Waals surface area contributed by atoms with E-state index in [1.54, 1.807) is 26.9 Å². The first-order valence-corrected chi connectivity index (χ1v) is 17.5. The van der Waals surface area contributed by atoms with Gasteiger partial charge in [-0.15, -0.1) is 13.2 Å². The monoisotopic (exact) mass is 707 g/mol. The van der Waals surface area contributed by atoms with Crippen molar-refractivity contribution in [2.75, 3.05) is 37.7 Å². The molecule has 3 amide bonds. The first kappa shape index (κ1) is 34.9. The fraction of sp³-hybridized carbons (Fsp3) is 0.486. The van der Waals surface area contributed by atoms with E-state index in [9.17, 15) is 19.5 Å². The van der Waals surface area contributed by atoms with Crippen LogP contribution in [0, 0.1) is 11.8 Å². The predicted molar refractivity (Wildman–Crippen MR) is 185 cm³/mol. The van der Waals surface area contributed by atoms with E-state index in [0.29, 0.717) is 44.0 Å². The molecule has 3 aliphatic rings. The highest BCUT2D eigenvalue weighted by Crippen LogP contribution is 2.61. The molecule has 10 heteroatoms. The minimum absolute atomic E-state index is 0.223. The SMILES string of the molecule is C=CCN(CCCC)C(=O)C1N([C@@H](CO)Cc2ccccc2)C(=O)[C@@H]2[C@@H](C(=O)N(CC=C)c3ccc(OCC)cc3)[C@@H]3OC12CC3Br. The molecule has 3 unspecified atom stereocenters. The van der Waals surface area contributed by atoms with Crippen LogP contribution in [0.2, 0.25) is 0 Å². The first-order chi connectivity index (χ1) is 22.8. The van der Waals surface area contributed by atoms with Crippen LogP contribution in [0.3, 0.4) is 0 Å². The number of carbonyl (C=O) groups is 3. The Kier molecular flexibility index (Phi) is 11.3. The van der Waals surface area contributed by atoms with Crippen molar-refractivity contribution in [2.24, 2.45) is 11.8 Å². The number of halogens is 1. The van der Waals surface area contributed by atoms with E-state index in [1.807, 2.05) is 61.5 Å². The lowest BCUT2D eigenvalue weighted by atomic mass is 9.70. The molecule has 3 heterocycles. The summed E-state index contributed by atoms with van der Waals surface area (Å²) in [7, 11) is 0. The molecule has 1 N–H and O–H groups in total. The number of alkyl halides is 1. The highest BCUT2D eigenvalue weighted by atomic mass is 79.9. The number of ether oxygens (including phenoxy) is 2. The van der Waals surface area contributed by atoms with E-state index in [1.165, 1.54) is 0 Å². The summed E-state index contributed by atoms with van der Waals surface area (Å²) in [6, 6.07) is 15.2. The Hall–Kier alpha value is -3.47. The van der Waals surface area contributed by atoms with Crippen molar-refractivity contribution >= 4 is 39.3 Å². The number of unbranched alkanes of at least 4 members (excludes halogenated alkanes) is 1. The number of nitrogens with zero attached hydrogens (tertiary/aromatic N) is 3. The van der Waals surface area contributed by atoms with Gasteiger partial charge in [0.15, 0.2) is 0 Å². The van der Waals surface area contributed by atoms with Crippen LogP contribution < -0.4 is 9.64 Å². The first-order valence-electron chi connectivity index (χ1n) is 16.6. The van der Waals surface area contributed by atoms with Gasteiger partial charge in [0.25, 0.3) is 0 Å². The minimum Gasteiger partial charge on any atom is -0.494 e. The second-order valence-electron chi connectivity index (χ2n) is 12.5. The Morgan fingerprint density at radius 2 is 1.81 bits per heavy atom. The third kappa shape index (κ3) is 6.52. The highest BCUT2D eigenvalue weighted by Gasteiger charge is 2.77. The summed E-state index contributed by atoms with van der Waals surface area (Å²) in [6.45, 7) is 12.9. The summed E-state index contributed by atoms with van der Waals surface area (Å²) < 4.78 is 12.4. The predicted octanol–water partition coefficient (Wildman–Crippen LogP) is 4.77. The Morgan fingerprint density at radius 1 is 1.11 bits per heavy atom. The molecule has 9 nitrogen and oxygen atoms in total. The van der Waals surface area contributed by atoms with Crippen LogP contribution in [0.15, 0.2) is 79.9 Å². The molecule has 7 atom stereocenters. The molecule has 0 aromatic heterocycles. The number of hydrogen-bond donors (Lipinski definition) is 1. The molecule has 3 aliphatic heterocycles. The average Bonchev–Trinajstić information content (AvgIpc) is 3.68. The van der Waals surface area contributed by atoms with Crippen LogP contribution in [0.25, 0.3) is 0 Å². The smallest absolute Gasteiger partial charge is 0.248 e. The third-order valence-electron chi connectivity index (χ3n) is 9.64. The zero-order valence-corrected chi connectivity index (χ0v) is 28.9. The molecule has 252 valence electrons. The molecule has 47 heavy (non-hydrogen) atoms. The normalized spacial score (nSPS) is 26.5. The van der Waals surface area contributed by atoms with E-state index in [-0.39, 0.29) is 35.7 Å². The number of rotatable bonds is 16. The van der Waals surface area contributed by atoms with Crippen LogP contribution in [0.1, 0.15) is 38.7 Å². The number of benzene rings is 2. The Balaban J connectivity index is 1.58. The van der Waals surface area contributed by atoms with Crippen LogP contribution >= 0.6 is 15.9 Å². The van der Waals surface area contributed by atoms with Crippen LogP contribution in [0.5, 0.6) is 5.75 Å². The topological polar surface area (TPSA) is 99.6 Å². The van der Waals surface area contributed by atoms with Gasteiger partial charge in [-0.05, 0) is 56.0 Å². The number of amides is 3. The van der Waals surface area contributed by atoms with Gasteiger partial charge in [0.05, 0.1) is 37.2 Å². The molecule has 3 saturated heterocycles. The van der Waals surface area contributed by atoms with Crippen LogP contribution in [-0.2, 0) is 25.5 Å². The molecule has 0 radical (unpaired) electrons. The Morgan fingerprint density at radius 3 is 2.43 bits per heavy atom. The second kappa shape index (κ2) is 15.2. The van der Waals surface area contributed by atoms with Crippen molar-refractivity contribution < 1.29 is 29.0 Å². The summed E-state index contributed by atoms with van der Waals surface area (Å²) in [4.78, 5) is 48.9. The summed E-state index contributed by atoms with van der Waals surface area (Å²) >= 11 is 3.79. The molecule has 5 rings (SSSR count). The molecule has 2 bridgehead atoms. The van der Waals surface area contributed by atoms with E-state index in [0.717, 1.165) is 18.4 Å². The largest absolute Gasteiger partial charge is 0.494 e. The standard InChI is InChI=1S/C37H46BrN3O6/c1-5-9-21-39(19-6-2)36(45)33-37-23-29(38)32(47-37)30(34(43)40(20-7-3)26-15-17-28(18-16-26)46-8-4)31(37)35(44)41(33)27(24-42)22-25-13-11-10-12-14-25/h6-7,10-18,27,29-33,42H,2-3,5,8-9,19-24H2,1,4H3/t27-,29?,30-,31+,32-,33?,37?/m1/s1. The van der Waals surface area contributed by atoms with Gasteiger partial charge in [0.2, 0.25) is 17.7 Å². The molecule has 2 aromatic rings. The summed E-state index contributed by atoms with van der Waals surface area (Å²) in [5.41, 5.74) is 0.324. The summed E-state index contributed by atoms with van der Waals surface area (Å²) in [5, 5.41) is 10.8. The Labute approximate surface area is 286 Å². The molecule has 3 fully saturated rings. The van der Waals surface area contributed by atoms with Gasteiger partial charge < -0.3 is 29.3 Å². The molecular weight excluding hydrogens is 662 g/mol. The molecule has 0 saturated carbocycles. The molecule has 0 aliphatic carbocycles. The van der Waals surface area contributed by atoms with Crippen LogP contribution in [-0.4, -0.2) is 94.1 Å². The number of aliphatic hydroxyl groups is 1. The lowest BCUT2D eigenvalue weighted by Gasteiger charge is -2.39. The lowest BCUT2D eigenvalue weighted by Crippen LogP contribution is -2.59. The zero-order chi connectivity index (χ0) is 33.7. The minimum atomic E-state index is -1.25. The van der Waals surface area contributed by atoms with Crippen molar-refractivity contribution in [1.29, 1.82) is 0 Å². The highest BCUT2D eigenvalue weighted by molar-refractivity contribution is 9.09. The van der Waals surface area contributed by atoms with Crippen LogP contribution in [0.4, 0.5) is 5.69 Å². The van der Waals surface area contributed by atoms with Crippen molar-refractivity contribution in [2.45, 2.75) is 68.1 Å². The third-order valence-corrected chi connectivity index (χ3v) is 10.5. The Bertz CT molecular complexity index is 1440. The summed E-state index contributed by atoms with van der Waals surface area (Å²) in [5.74, 6) is -1.92. The van der Waals surface area contributed by atoms with Gasteiger partial charge >= 0.3 is 0 Å². The number of hydrogen-bond acceptors (Lipinski definition) is 6. The molecule has 2 aromatic carbocycles. The zero-order valence-electron chi connectivity index (χ0n) is 27.3. The van der Waals surface area contributed by atoms with Crippen molar-refractivity contribution in [3.8, 4) is 5.75 Å². The van der Waals surface area contributed by atoms with Crippen molar-refractivity contribution in [3.63, 3.8) is 0 Å². The quantitative estimate of drug-likeness (QED) is 0.199. The number of anilines is 1. The van der Waals surface area contributed by atoms with Gasteiger partial charge in [0, 0.05) is 30.1 Å². The van der Waals surface area contributed by atoms with Gasteiger partial charge in [-0.1, -0.05) is 71.8 Å². The number of likely N-dealkylation sites (tertiary alicyclic amines) is 1. The van der Waals surface area contributed by atoms with E-state index in [4.69, 9.17) is 9.47 Å². The lowest BCUT2D eigenvalue weighted by molar-refractivity contribution is -0.151. The van der Waals surface area contributed by atoms with Gasteiger partial charge in [-0.2, -0.15) is 0 Å². The van der Waals surface area contributed by atoms with Crippen molar-refractivity contribution in [1.82, 2.24) is 9.80 Å². The van der Waals surface area contributed by atoms with Crippen molar-refractivity contribution in [3.05, 3.63) is 85.5 Å². The van der Waals surface area contributed by atoms with Gasteiger partial charge in [-0.25, -0.2) is 0 Å². The van der Waals surface area contributed by atoms with Gasteiger partial charge in [-0.3, -0.25) is 14.4 Å². The number of fused-ring (bicyclic) bond motifs is 1. The van der Waals surface area contributed by atoms with E-state index in [2.05, 4.69) is 36.0 Å². The van der Waals surface area contributed by atoms with E-state index >= 15 is 0 Å². The maximum atomic E-state index is 14.8. The number of carbonyl (C=O) groups excluding carboxylic acids is 3. The maximum Gasteiger partial charge on any atom is 0.248 e. The molecular formula is C37H46BrN3O6. The fourth-order valence-corrected chi connectivity index (χ4v) is 8.59.